The first-order chi connectivity index (χ1) is 10.5. The normalized spacial score (nSPS) is 17.5. The van der Waals surface area contributed by atoms with Crippen molar-refractivity contribution in [3.63, 3.8) is 0 Å². The van der Waals surface area contributed by atoms with Crippen LogP contribution in [0.25, 0.3) is 0 Å². The van der Waals surface area contributed by atoms with Gasteiger partial charge in [-0.15, -0.1) is 0 Å². The topological polar surface area (TPSA) is 72.6 Å². The molecule has 0 aromatic heterocycles. The minimum absolute atomic E-state index is 0.0227. The van der Waals surface area contributed by atoms with Gasteiger partial charge in [-0.05, 0) is 31.0 Å². The Labute approximate surface area is 139 Å². The third-order valence-electron chi connectivity index (χ3n) is 3.63. The summed E-state index contributed by atoms with van der Waals surface area (Å²) in [4.78, 5) is 24.8. The fraction of sp³-hybridized carbons (Fsp3) is 0.467. The minimum Gasteiger partial charge on any atom is -0.492 e. The van der Waals surface area contributed by atoms with Gasteiger partial charge in [0.25, 0.3) is 0 Å². The molecule has 0 radical (unpaired) electrons. The highest BCUT2D eigenvalue weighted by Crippen LogP contribution is 2.27. The van der Waals surface area contributed by atoms with Crippen LogP contribution in [0.1, 0.15) is 19.3 Å². The van der Waals surface area contributed by atoms with Crippen LogP contribution < -0.4 is 10.5 Å². The molecule has 22 heavy (non-hydrogen) atoms. The van der Waals surface area contributed by atoms with Crippen molar-refractivity contribution in [2.45, 2.75) is 19.3 Å². The standard InChI is InChI=1S/C15H18Cl2N2O3/c16-11-3-4-13(12(17)8-11)22-7-1-2-14(20)19-6-5-10(9-19)15(18)21/h3-4,8,10H,1-2,5-7,9H2,(H2,18,21). The number of benzene rings is 1. The van der Waals surface area contributed by atoms with E-state index in [1.54, 1.807) is 23.1 Å². The summed E-state index contributed by atoms with van der Waals surface area (Å²) in [6.07, 6.45) is 1.60. The SMILES string of the molecule is NC(=O)C1CCN(C(=O)CCCOc2ccc(Cl)cc2Cl)C1. The lowest BCUT2D eigenvalue weighted by atomic mass is 10.1. The molecule has 2 rings (SSSR count). The molecular weight excluding hydrogens is 327 g/mol. The van der Waals surface area contributed by atoms with Crippen molar-refractivity contribution in [3.05, 3.63) is 28.2 Å². The number of amides is 2. The van der Waals surface area contributed by atoms with Crippen LogP contribution >= 0.6 is 23.2 Å². The molecule has 1 aliphatic heterocycles. The molecule has 7 heteroatoms. The van der Waals surface area contributed by atoms with E-state index in [2.05, 4.69) is 0 Å². The molecule has 2 amide bonds. The van der Waals surface area contributed by atoms with E-state index >= 15 is 0 Å². The zero-order chi connectivity index (χ0) is 16.1. The summed E-state index contributed by atoms with van der Waals surface area (Å²) in [5.41, 5.74) is 5.25. The average molecular weight is 345 g/mol. The zero-order valence-corrected chi connectivity index (χ0v) is 13.6. The molecule has 0 saturated carbocycles. The maximum Gasteiger partial charge on any atom is 0.222 e. The number of ether oxygens (including phenoxy) is 1. The lowest BCUT2D eigenvalue weighted by Crippen LogP contribution is -2.31. The van der Waals surface area contributed by atoms with E-state index < -0.39 is 0 Å². The summed E-state index contributed by atoms with van der Waals surface area (Å²) in [7, 11) is 0. The fourth-order valence-corrected chi connectivity index (χ4v) is 2.84. The molecule has 0 bridgehead atoms. The monoisotopic (exact) mass is 344 g/mol. The van der Waals surface area contributed by atoms with E-state index in [4.69, 9.17) is 33.7 Å². The van der Waals surface area contributed by atoms with Gasteiger partial charge in [0.2, 0.25) is 11.8 Å². The molecule has 1 aromatic rings. The van der Waals surface area contributed by atoms with Crippen LogP contribution in [0, 0.1) is 5.92 Å². The van der Waals surface area contributed by atoms with Crippen molar-refractivity contribution in [1.29, 1.82) is 0 Å². The van der Waals surface area contributed by atoms with Gasteiger partial charge >= 0.3 is 0 Å². The molecule has 1 unspecified atom stereocenters. The lowest BCUT2D eigenvalue weighted by Gasteiger charge is -2.16. The van der Waals surface area contributed by atoms with E-state index in [-0.39, 0.29) is 17.7 Å². The van der Waals surface area contributed by atoms with Gasteiger partial charge in [0.1, 0.15) is 5.75 Å². The van der Waals surface area contributed by atoms with Crippen molar-refractivity contribution in [1.82, 2.24) is 4.90 Å². The summed E-state index contributed by atoms with van der Waals surface area (Å²) in [5.74, 6) is 0.0205. The van der Waals surface area contributed by atoms with Crippen molar-refractivity contribution in [2.24, 2.45) is 11.7 Å². The first-order valence-electron chi connectivity index (χ1n) is 7.12. The molecular formula is C15H18Cl2N2O3. The second-order valence-corrected chi connectivity index (χ2v) is 6.10. The zero-order valence-electron chi connectivity index (χ0n) is 12.1. The number of carbonyl (C=O) groups excluding carboxylic acids is 2. The Bertz CT molecular complexity index is 566. The Balaban J connectivity index is 1.70. The predicted molar refractivity (Wildman–Crippen MR) is 85.1 cm³/mol. The van der Waals surface area contributed by atoms with E-state index in [1.165, 1.54) is 0 Å². The van der Waals surface area contributed by atoms with Crippen LogP contribution in [0.3, 0.4) is 0 Å². The number of primary amides is 1. The molecule has 1 saturated heterocycles. The molecule has 2 N–H and O–H groups in total. The van der Waals surface area contributed by atoms with E-state index in [9.17, 15) is 9.59 Å². The largest absolute Gasteiger partial charge is 0.492 e. The second kappa shape index (κ2) is 7.70. The Morgan fingerprint density at radius 3 is 2.77 bits per heavy atom. The number of rotatable bonds is 6. The maximum absolute atomic E-state index is 12.0. The lowest BCUT2D eigenvalue weighted by molar-refractivity contribution is -0.130. The summed E-state index contributed by atoms with van der Waals surface area (Å²) in [6.45, 7) is 1.41. The van der Waals surface area contributed by atoms with Crippen LogP contribution in [-0.2, 0) is 9.59 Å². The molecule has 1 fully saturated rings. The first kappa shape index (κ1) is 16.9. The maximum atomic E-state index is 12.0. The third-order valence-corrected chi connectivity index (χ3v) is 4.16. The number of hydrogen-bond acceptors (Lipinski definition) is 3. The van der Waals surface area contributed by atoms with Gasteiger partial charge in [-0.25, -0.2) is 0 Å². The van der Waals surface area contributed by atoms with Gasteiger partial charge in [-0.1, -0.05) is 23.2 Å². The van der Waals surface area contributed by atoms with Crippen molar-refractivity contribution < 1.29 is 14.3 Å². The van der Waals surface area contributed by atoms with Gasteiger partial charge in [-0.3, -0.25) is 9.59 Å². The number of carbonyl (C=O) groups is 2. The van der Waals surface area contributed by atoms with Crippen molar-refractivity contribution >= 4 is 35.0 Å². The van der Waals surface area contributed by atoms with Gasteiger partial charge < -0.3 is 15.4 Å². The highest BCUT2D eigenvalue weighted by molar-refractivity contribution is 6.35. The van der Waals surface area contributed by atoms with Gasteiger partial charge in [0.05, 0.1) is 17.5 Å². The minimum atomic E-state index is -0.337. The molecule has 0 aliphatic carbocycles. The summed E-state index contributed by atoms with van der Waals surface area (Å²) >= 11 is 11.8. The Kier molecular flexibility index (Phi) is 5.91. The number of likely N-dealkylation sites (tertiary alicyclic amines) is 1. The van der Waals surface area contributed by atoms with Crippen LogP contribution in [0.2, 0.25) is 10.0 Å². The van der Waals surface area contributed by atoms with Crippen LogP contribution in [-0.4, -0.2) is 36.4 Å². The van der Waals surface area contributed by atoms with Crippen molar-refractivity contribution in [3.8, 4) is 5.75 Å². The van der Waals surface area contributed by atoms with E-state index in [0.717, 1.165) is 0 Å². The smallest absolute Gasteiger partial charge is 0.222 e. The fourth-order valence-electron chi connectivity index (χ4n) is 2.37. The van der Waals surface area contributed by atoms with Crippen LogP contribution in [0.15, 0.2) is 18.2 Å². The quantitative estimate of drug-likeness (QED) is 0.805. The Hall–Kier alpha value is -1.46. The molecule has 0 spiro atoms. The summed E-state index contributed by atoms with van der Waals surface area (Å²) < 4.78 is 5.53. The average Bonchev–Trinajstić information content (AvgIpc) is 2.95. The highest BCUT2D eigenvalue weighted by atomic mass is 35.5. The Morgan fingerprint density at radius 1 is 1.36 bits per heavy atom. The van der Waals surface area contributed by atoms with Gasteiger partial charge in [0, 0.05) is 24.5 Å². The number of nitrogens with zero attached hydrogens (tertiary/aromatic N) is 1. The predicted octanol–water partition coefficient (Wildman–Crippen LogP) is 2.49. The number of halogens is 2. The van der Waals surface area contributed by atoms with E-state index in [1.807, 2.05) is 0 Å². The van der Waals surface area contributed by atoms with Gasteiger partial charge in [-0.2, -0.15) is 0 Å². The molecule has 5 nitrogen and oxygen atoms in total. The Morgan fingerprint density at radius 2 is 2.14 bits per heavy atom. The number of nitrogens with two attached hydrogens (primary N) is 1. The molecule has 1 aromatic carbocycles. The molecule has 1 aliphatic rings. The molecule has 1 atom stereocenters. The molecule has 1 heterocycles. The van der Waals surface area contributed by atoms with Gasteiger partial charge in [0.15, 0.2) is 0 Å². The number of hydrogen-bond donors (Lipinski definition) is 1. The highest BCUT2D eigenvalue weighted by Gasteiger charge is 2.29. The summed E-state index contributed by atoms with van der Waals surface area (Å²) in [5, 5.41) is 0.994. The second-order valence-electron chi connectivity index (χ2n) is 5.25. The summed E-state index contributed by atoms with van der Waals surface area (Å²) in [6, 6.07) is 5.00. The van der Waals surface area contributed by atoms with Crippen LogP contribution in [0.5, 0.6) is 5.75 Å². The molecule has 120 valence electrons. The van der Waals surface area contributed by atoms with Crippen molar-refractivity contribution in [2.75, 3.05) is 19.7 Å². The van der Waals surface area contributed by atoms with Crippen LogP contribution in [0.4, 0.5) is 0 Å². The van der Waals surface area contributed by atoms with E-state index in [0.29, 0.717) is 54.8 Å². The third kappa shape index (κ3) is 4.52. The first-order valence-corrected chi connectivity index (χ1v) is 7.88.